The van der Waals surface area contributed by atoms with Gasteiger partial charge < -0.3 is 15.0 Å². The van der Waals surface area contributed by atoms with E-state index in [0.717, 1.165) is 22.2 Å². The number of amidine groups is 1. The number of nitrogens with zero attached hydrogens (tertiary/aromatic N) is 2. The van der Waals surface area contributed by atoms with Crippen LogP contribution in [0.15, 0.2) is 65.0 Å². The van der Waals surface area contributed by atoms with Crippen LogP contribution in [0.2, 0.25) is 5.02 Å². The zero-order valence-corrected chi connectivity index (χ0v) is 18.1. The van der Waals surface area contributed by atoms with E-state index in [9.17, 15) is 14.7 Å². The Morgan fingerprint density at radius 1 is 1.32 bits per heavy atom. The number of amides is 1. The number of allylic oxidation sites excluding steroid dienone is 1. The lowest BCUT2D eigenvalue weighted by molar-refractivity contribution is -0.115. The fraction of sp³-hybridized carbons (Fsp3) is 0.0870. The summed E-state index contributed by atoms with van der Waals surface area (Å²) in [4.78, 5) is 28.7. The van der Waals surface area contributed by atoms with Crippen LogP contribution in [0.3, 0.4) is 0 Å². The molecule has 0 radical (unpaired) electrons. The summed E-state index contributed by atoms with van der Waals surface area (Å²) in [5.74, 6) is -1.39. The van der Waals surface area contributed by atoms with Crippen LogP contribution in [0.5, 0.6) is 0 Å². The first kappa shape index (κ1) is 21.0. The van der Waals surface area contributed by atoms with Crippen molar-refractivity contribution in [2.24, 2.45) is 4.99 Å². The molecule has 0 aliphatic carbocycles. The molecule has 0 bridgehead atoms. The molecule has 6 nitrogen and oxygen atoms in total. The Morgan fingerprint density at radius 3 is 2.84 bits per heavy atom. The molecule has 0 atom stereocenters. The Labute approximate surface area is 187 Å². The first-order valence-corrected chi connectivity index (χ1v) is 10.6. The summed E-state index contributed by atoms with van der Waals surface area (Å²) in [7, 11) is 0. The maximum absolute atomic E-state index is 12.6. The van der Waals surface area contributed by atoms with E-state index in [1.54, 1.807) is 6.07 Å². The van der Waals surface area contributed by atoms with Crippen LogP contribution in [0.1, 0.15) is 21.6 Å². The fourth-order valence-corrected chi connectivity index (χ4v) is 4.50. The van der Waals surface area contributed by atoms with Crippen molar-refractivity contribution in [3.63, 3.8) is 0 Å². The molecular weight excluding hydrogens is 434 g/mol. The normalized spacial score (nSPS) is 16.3. The van der Waals surface area contributed by atoms with Crippen LogP contribution in [0.25, 0.3) is 17.0 Å². The molecule has 1 aliphatic heterocycles. The van der Waals surface area contributed by atoms with Crippen molar-refractivity contribution in [3.8, 4) is 0 Å². The molecule has 3 aromatic rings. The fourth-order valence-electron chi connectivity index (χ4n) is 3.48. The van der Waals surface area contributed by atoms with Gasteiger partial charge in [-0.25, -0.2) is 9.79 Å². The second-order valence-electron chi connectivity index (χ2n) is 6.87. The Kier molecular flexibility index (Phi) is 5.71. The van der Waals surface area contributed by atoms with Gasteiger partial charge in [0.2, 0.25) is 0 Å². The largest absolute Gasteiger partial charge is 0.478 e. The van der Waals surface area contributed by atoms with Crippen LogP contribution < -0.4 is 5.32 Å². The Morgan fingerprint density at radius 2 is 2.10 bits per heavy atom. The molecule has 0 unspecified atom stereocenters. The van der Waals surface area contributed by atoms with E-state index in [-0.39, 0.29) is 16.5 Å². The number of aromatic nitrogens is 1. The molecule has 31 heavy (non-hydrogen) atoms. The number of thioether (sulfide) groups is 1. The molecular formula is C23H18ClN3O3S. The molecule has 2 N–H and O–H groups in total. The zero-order valence-electron chi connectivity index (χ0n) is 16.6. The van der Waals surface area contributed by atoms with Gasteiger partial charge in [0.1, 0.15) is 0 Å². The smallest absolute Gasteiger partial charge is 0.337 e. The van der Waals surface area contributed by atoms with Gasteiger partial charge in [0.25, 0.3) is 5.91 Å². The molecule has 0 spiro atoms. The van der Waals surface area contributed by atoms with Crippen molar-refractivity contribution in [3.05, 3.63) is 81.9 Å². The van der Waals surface area contributed by atoms with Gasteiger partial charge >= 0.3 is 5.97 Å². The predicted octanol–water partition coefficient (Wildman–Crippen LogP) is 5.38. The van der Waals surface area contributed by atoms with Crippen LogP contribution in [0.4, 0.5) is 5.69 Å². The molecule has 1 amide bonds. The number of carboxylic acid groups (broad SMARTS) is 1. The Hall–Kier alpha value is -3.29. The van der Waals surface area contributed by atoms with Gasteiger partial charge in [-0.05, 0) is 49.0 Å². The first-order valence-electron chi connectivity index (χ1n) is 9.40. The zero-order chi connectivity index (χ0) is 22.1. The van der Waals surface area contributed by atoms with Gasteiger partial charge in [-0.2, -0.15) is 0 Å². The number of hydrogen-bond donors (Lipinski definition) is 2. The number of hydrogen-bond acceptors (Lipinski definition) is 4. The third kappa shape index (κ3) is 4.02. The van der Waals surface area contributed by atoms with Gasteiger partial charge in [-0.3, -0.25) is 4.79 Å². The number of aromatic carboxylic acids is 1. The number of benzene rings is 2. The van der Waals surface area contributed by atoms with E-state index in [2.05, 4.69) is 21.5 Å². The molecule has 4 rings (SSSR count). The summed E-state index contributed by atoms with van der Waals surface area (Å²) in [6, 6.07) is 12.5. The summed E-state index contributed by atoms with van der Waals surface area (Å²) >= 11 is 7.12. The van der Waals surface area contributed by atoms with E-state index < -0.39 is 5.97 Å². The monoisotopic (exact) mass is 451 g/mol. The van der Waals surface area contributed by atoms with Crippen LogP contribution in [-0.2, 0) is 11.3 Å². The average molecular weight is 452 g/mol. The number of carbonyl (C=O) groups excluding carboxylic acids is 1. The lowest BCUT2D eigenvalue weighted by Crippen LogP contribution is -2.19. The third-order valence-corrected chi connectivity index (χ3v) is 6.17. The van der Waals surface area contributed by atoms with Crippen LogP contribution in [-0.4, -0.2) is 26.7 Å². The number of carbonyl (C=O) groups is 2. The topological polar surface area (TPSA) is 83.7 Å². The number of nitrogens with one attached hydrogen (secondary N) is 1. The number of para-hydroxylation sites is 1. The maximum Gasteiger partial charge on any atom is 0.337 e. The second-order valence-corrected chi connectivity index (χ2v) is 8.30. The quantitative estimate of drug-likeness (QED) is 0.403. The summed E-state index contributed by atoms with van der Waals surface area (Å²) in [6.07, 6.45) is 3.71. The summed E-state index contributed by atoms with van der Waals surface area (Å²) in [5, 5.41) is 13.5. The van der Waals surface area contributed by atoms with Gasteiger partial charge in [0.15, 0.2) is 5.17 Å². The molecule has 1 aromatic heterocycles. The molecule has 156 valence electrons. The second kappa shape index (κ2) is 8.45. The predicted molar refractivity (Wildman–Crippen MR) is 126 cm³/mol. The summed E-state index contributed by atoms with van der Waals surface area (Å²) < 4.78 is 2.16. The Balaban J connectivity index is 1.70. The van der Waals surface area contributed by atoms with E-state index in [1.165, 1.54) is 23.9 Å². The van der Waals surface area contributed by atoms with E-state index in [4.69, 9.17) is 11.6 Å². The number of rotatable bonds is 5. The summed E-state index contributed by atoms with van der Waals surface area (Å²) in [6.45, 7) is 6.52. The molecule has 2 aromatic carbocycles. The third-order valence-electron chi connectivity index (χ3n) is 4.93. The number of halogens is 1. The molecule has 1 fully saturated rings. The van der Waals surface area contributed by atoms with Gasteiger partial charge in [-0.1, -0.05) is 35.9 Å². The maximum atomic E-state index is 12.6. The van der Waals surface area contributed by atoms with Crippen LogP contribution in [0, 0.1) is 6.92 Å². The Bertz CT molecular complexity index is 1310. The highest BCUT2D eigenvalue weighted by Gasteiger charge is 2.25. The van der Waals surface area contributed by atoms with E-state index in [0.29, 0.717) is 22.3 Å². The minimum atomic E-state index is -1.14. The highest BCUT2D eigenvalue weighted by atomic mass is 35.5. The average Bonchev–Trinajstić information content (AvgIpc) is 3.21. The van der Waals surface area contributed by atoms with Gasteiger partial charge in [0, 0.05) is 28.7 Å². The minimum Gasteiger partial charge on any atom is -0.478 e. The van der Waals surface area contributed by atoms with Crippen molar-refractivity contribution in [2.45, 2.75) is 13.5 Å². The first-order chi connectivity index (χ1) is 14.9. The molecule has 1 aliphatic rings. The van der Waals surface area contributed by atoms with Crippen molar-refractivity contribution in [1.82, 2.24) is 9.88 Å². The number of fused-ring (bicyclic) bond motifs is 1. The molecule has 0 saturated carbocycles. The number of aliphatic imine (C=N–C) groups is 1. The highest BCUT2D eigenvalue weighted by Crippen LogP contribution is 2.33. The summed E-state index contributed by atoms with van der Waals surface area (Å²) in [5.41, 5.74) is 3.43. The van der Waals surface area contributed by atoms with Crippen molar-refractivity contribution < 1.29 is 14.7 Å². The molecule has 8 heteroatoms. The van der Waals surface area contributed by atoms with Crippen molar-refractivity contribution >= 4 is 63.1 Å². The van der Waals surface area contributed by atoms with Crippen molar-refractivity contribution in [2.75, 3.05) is 0 Å². The van der Waals surface area contributed by atoms with Gasteiger partial charge in [0.05, 0.1) is 21.2 Å². The standard InChI is InChI=1S/C23H18ClN3O3S/c1-3-10-27-13(2)16(15-6-4-5-7-19(15)27)12-20-21(28)26-23(31-20)25-14-8-9-18(24)17(11-14)22(29)30/h3-9,11-12H,1,10H2,2H3,(H,29,30)(H,25,26,28)/b20-12-. The van der Waals surface area contributed by atoms with Crippen molar-refractivity contribution in [1.29, 1.82) is 0 Å². The minimum absolute atomic E-state index is 0.0424. The SMILES string of the molecule is C=CCn1c(C)c(/C=C2\SC(=Nc3ccc(Cl)c(C(=O)O)c3)NC2=O)c2ccccc21. The highest BCUT2D eigenvalue weighted by molar-refractivity contribution is 8.18. The van der Waals surface area contributed by atoms with E-state index >= 15 is 0 Å². The lowest BCUT2D eigenvalue weighted by Gasteiger charge is -2.04. The molecule has 1 saturated heterocycles. The van der Waals surface area contributed by atoms with Gasteiger partial charge in [-0.15, -0.1) is 6.58 Å². The van der Waals surface area contributed by atoms with E-state index in [1.807, 2.05) is 43.3 Å². The molecule has 2 heterocycles. The number of carboxylic acids is 1. The van der Waals surface area contributed by atoms with Crippen LogP contribution >= 0.6 is 23.4 Å². The lowest BCUT2D eigenvalue weighted by atomic mass is 10.1.